The number of allylic oxidation sites excluding steroid dienone is 1. The Morgan fingerprint density at radius 2 is 1.95 bits per heavy atom. The van der Waals surface area contributed by atoms with Crippen molar-refractivity contribution in [3.8, 4) is 11.5 Å². The second-order valence-electron chi connectivity index (χ2n) is 5.04. The van der Waals surface area contributed by atoms with Gasteiger partial charge in [0.2, 0.25) is 5.78 Å². The number of ketones is 1. The summed E-state index contributed by atoms with van der Waals surface area (Å²) in [6.07, 6.45) is 3.34. The molecule has 1 aliphatic rings. The topological polar surface area (TPSA) is 59.4 Å². The van der Waals surface area contributed by atoms with Gasteiger partial charge in [-0.25, -0.2) is 0 Å². The summed E-state index contributed by atoms with van der Waals surface area (Å²) < 4.78 is 5.56. The lowest BCUT2D eigenvalue weighted by Crippen LogP contribution is -1.99. The molecule has 0 radical (unpaired) electrons. The summed E-state index contributed by atoms with van der Waals surface area (Å²) in [6, 6.07) is 14.2. The predicted molar refractivity (Wildman–Crippen MR) is 82.8 cm³/mol. The third kappa shape index (κ3) is 1.93. The molecule has 22 heavy (non-hydrogen) atoms. The molecule has 0 amide bonds. The Balaban J connectivity index is 1.82. The molecule has 0 spiro atoms. The highest BCUT2D eigenvalue weighted by molar-refractivity contribution is 6.15. The standard InChI is InChI=1S/C18H11NO3/c20-12-5-6-14-16(9-12)22-17(18(14)21)10-15-13-4-2-1-3-11(13)7-8-19-15/h1-10,20H/b17-10-. The number of benzene rings is 2. The van der Waals surface area contributed by atoms with Crippen molar-refractivity contribution in [2.75, 3.05) is 0 Å². The summed E-state index contributed by atoms with van der Waals surface area (Å²) in [5.41, 5.74) is 1.13. The van der Waals surface area contributed by atoms with E-state index in [1.807, 2.05) is 30.3 Å². The molecule has 3 aromatic rings. The van der Waals surface area contributed by atoms with E-state index in [1.54, 1.807) is 18.3 Å². The Morgan fingerprint density at radius 3 is 2.86 bits per heavy atom. The van der Waals surface area contributed by atoms with E-state index in [0.717, 1.165) is 10.8 Å². The first-order chi connectivity index (χ1) is 10.7. The Bertz CT molecular complexity index is 939. The highest BCUT2D eigenvalue weighted by Crippen LogP contribution is 2.34. The van der Waals surface area contributed by atoms with Crippen molar-refractivity contribution in [3.63, 3.8) is 0 Å². The molecule has 0 saturated heterocycles. The highest BCUT2D eigenvalue weighted by Gasteiger charge is 2.27. The van der Waals surface area contributed by atoms with Crippen LogP contribution in [0.1, 0.15) is 16.1 Å². The molecule has 0 saturated carbocycles. The van der Waals surface area contributed by atoms with E-state index >= 15 is 0 Å². The van der Waals surface area contributed by atoms with Crippen molar-refractivity contribution in [3.05, 3.63) is 71.7 Å². The van der Waals surface area contributed by atoms with E-state index in [0.29, 0.717) is 17.0 Å². The number of Topliss-reactive ketones (excluding diaryl/α,β-unsaturated/α-hetero) is 1. The average molecular weight is 289 g/mol. The maximum Gasteiger partial charge on any atom is 0.232 e. The van der Waals surface area contributed by atoms with Gasteiger partial charge >= 0.3 is 0 Å². The van der Waals surface area contributed by atoms with Crippen LogP contribution in [0.25, 0.3) is 16.8 Å². The molecule has 106 valence electrons. The molecule has 0 unspecified atom stereocenters. The Kier molecular flexibility index (Phi) is 2.69. The number of aromatic nitrogens is 1. The molecule has 0 bridgehead atoms. The van der Waals surface area contributed by atoms with Crippen molar-refractivity contribution in [2.45, 2.75) is 0 Å². The Labute approximate surface area is 126 Å². The second-order valence-corrected chi connectivity index (χ2v) is 5.04. The van der Waals surface area contributed by atoms with Crippen LogP contribution >= 0.6 is 0 Å². The van der Waals surface area contributed by atoms with Gasteiger partial charge in [-0.3, -0.25) is 9.78 Å². The monoisotopic (exact) mass is 289 g/mol. The minimum atomic E-state index is -0.204. The summed E-state index contributed by atoms with van der Waals surface area (Å²) in [4.78, 5) is 16.7. The molecule has 2 heterocycles. The number of hydrogen-bond donors (Lipinski definition) is 1. The fraction of sp³-hybridized carbons (Fsp3) is 0. The zero-order valence-electron chi connectivity index (χ0n) is 11.5. The van der Waals surface area contributed by atoms with Crippen LogP contribution in [0.15, 0.2) is 60.5 Å². The second kappa shape index (κ2) is 4.70. The van der Waals surface area contributed by atoms with Gasteiger partial charge in [-0.15, -0.1) is 0 Å². The van der Waals surface area contributed by atoms with Crippen LogP contribution in [0.2, 0.25) is 0 Å². The number of phenolic OH excluding ortho intramolecular Hbond substituents is 1. The van der Waals surface area contributed by atoms with Crippen LogP contribution in [0.5, 0.6) is 11.5 Å². The molecule has 1 N–H and O–H groups in total. The number of fused-ring (bicyclic) bond motifs is 2. The van der Waals surface area contributed by atoms with Crippen molar-refractivity contribution in [2.24, 2.45) is 0 Å². The van der Waals surface area contributed by atoms with E-state index in [4.69, 9.17) is 4.74 Å². The molecule has 4 nitrogen and oxygen atoms in total. The molecule has 1 aliphatic heterocycles. The van der Waals surface area contributed by atoms with Crippen LogP contribution in [-0.4, -0.2) is 15.9 Å². The van der Waals surface area contributed by atoms with Crippen molar-refractivity contribution >= 4 is 22.6 Å². The van der Waals surface area contributed by atoms with E-state index in [-0.39, 0.29) is 17.3 Å². The number of ether oxygens (including phenoxy) is 1. The zero-order chi connectivity index (χ0) is 15.1. The minimum absolute atomic E-state index is 0.0658. The summed E-state index contributed by atoms with van der Waals surface area (Å²) >= 11 is 0. The van der Waals surface area contributed by atoms with Gasteiger partial charge in [0.1, 0.15) is 11.5 Å². The SMILES string of the molecule is O=C1/C(=C/c2nccc3ccccc23)Oc2cc(O)ccc21. The predicted octanol–water partition coefficient (Wildman–Crippen LogP) is 3.56. The fourth-order valence-electron chi connectivity index (χ4n) is 2.56. The van der Waals surface area contributed by atoms with Gasteiger partial charge < -0.3 is 9.84 Å². The summed E-state index contributed by atoms with van der Waals surface area (Å²) in [5.74, 6) is 0.446. The third-order valence-corrected chi connectivity index (χ3v) is 3.63. The molecule has 0 atom stereocenters. The molecule has 4 heteroatoms. The van der Waals surface area contributed by atoms with Gasteiger partial charge in [-0.1, -0.05) is 24.3 Å². The van der Waals surface area contributed by atoms with Gasteiger partial charge in [0, 0.05) is 23.7 Å². The molecule has 1 aromatic heterocycles. The fourth-order valence-corrected chi connectivity index (χ4v) is 2.56. The zero-order valence-corrected chi connectivity index (χ0v) is 11.5. The van der Waals surface area contributed by atoms with Crippen LogP contribution < -0.4 is 4.74 Å². The van der Waals surface area contributed by atoms with E-state index in [1.165, 1.54) is 12.1 Å². The number of pyridine rings is 1. The molecular formula is C18H11NO3. The molecule has 4 rings (SSSR count). The van der Waals surface area contributed by atoms with Crippen LogP contribution in [0.4, 0.5) is 0 Å². The highest BCUT2D eigenvalue weighted by atomic mass is 16.5. The van der Waals surface area contributed by atoms with Crippen molar-refractivity contribution in [1.82, 2.24) is 4.98 Å². The number of rotatable bonds is 1. The van der Waals surface area contributed by atoms with Crippen LogP contribution in [-0.2, 0) is 0 Å². The molecular weight excluding hydrogens is 278 g/mol. The number of carbonyl (C=O) groups is 1. The van der Waals surface area contributed by atoms with Crippen molar-refractivity contribution in [1.29, 1.82) is 0 Å². The average Bonchev–Trinajstić information content (AvgIpc) is 2.83. The maximum atomic E-state index is 12.3. The molecule has 0 aliphatic carbocycles. The molecule has 0 fully saturated rings. The van der Waals surface area contributed by atoms with E-state index < -0.39 is 0 Å². The van der Waals surface area contributed by atoms with E-state index in [2.05, 4.69) is 4.98 Å². The lowest BCUT2D eigenvalue weighted by molar-refractivity contribution is 0.101. The van der Waals surface area contributed by atoms with Gasteiger partial charge in [0.05, 0.1) is 11.3 Å². The minimum Gasteiger partial charge on any atom is -0.508 e. The lowest BCUT2D eigenvalue weighted by atomic mass is 10.1. The first kappa shape index (κ1) is 12.6. The lowest BCUT2D eigenvalue weighted by Gasteiger charge is -2.02. The Hall–Kier alpha value is -3.14. The summed E-state index contributed by atoms with van der Waals surface area (Å²) in [5, 5.41) is 11.5. The van der Waals surface area contributed by atoms with Gasteiger partial charge in [0.15, 0.2) is 5.76 Å². The van der Waals surface area contributed by atoms with E-state index in [9.17, 15) is 9.90 Å². The number of nitrogens with zero attached hydrogens (tertiary/aromatic N) is 1. The maximum absolute atomic E-state index is 12.3. The van der Waals surface area contributed by atoms with Gasteiger partial charge in [-0.2, -0.15) is 0 Å². The first-order valence-corrected chi connectivity index (χ1v) is 6.83. The molecule has 2 aromatic carbocycles. The number of aromatic hydroxyl groups is 1. The number of hydrogen-bond acceptors (Lipinski definition) is 4. The quantitative estimate of drug-likeness (QED) is 0.696. The van der Waals surface area contributed by atoms with Crippen LogP contribution in [0.3, 0.4) is 0 Å². The van der Waals surface area contributed by atoms with Gasteiger partial charge in [-0.05, 0) is 23.6 Å². The summed E-state index contributed by atoms with van der Waals surface area (Å²) in [6.45, 7) is 0. The van der Waals surface area contributed by atoms with Crippen molar-refractivity contribution < 1.29 is 14.6 Å². The summed E-state index contributed by atoms with van der Waals surface area (Å²) in [7, 11) is 0. The first-order valence-electron chi connectivity index (χ1n) is 6.83. The largest absolute Gasteiger partial charge is 0.508 e. The normalized spacial score (nSPS) is 15.1. The smallest absolute Gasteiger partial charge is 0.232 e. The number of carbonyl (C=O) groups excluding carboxylic acids is 1. The van der Waals surface area contributed by atoms with Crippen LogP contribution in [0, 0.1) is 0 Å². The van der Waals surface area contributed by atoms with Gasteiger partial charge in [0.25, 0.3) is 0 Å². The Morgan fingerprint density at radius 1 is 1.09 bits per heavy atom. The number of phenols is 1. The third-order valence-electron chi connectivity index (χ3n) is 3.63.